The molecule has 1 aliphatic heterocycles. The topological polar surface area (TPSA) is 62.7 Å². The number of aliphatic hydroxyl groups is 1. The number of carbonyl (C=O) groups excluding carboxylic acids is 1. The predicted molar refractivity (Wildman–Crippen MR) is 66.3 cm³/mol. The van der Waals surface area contributed by atoms with Crippen molar-refractivity contribution in [2.45, 2.75) is 25.4 Å². The highest BCUT2D eigenvalue weighted by molar-refractivity contribution is 5.76. The van der Waals surface area contributed by atoms with E-state index in [1.54, 1.807) is 24.4 Å². The van der Waals surface area contributed by atoms with E-state index in [2.05, 4.69) is 4.98 Å². The van der Waals surface area contributed by atoms with Crippen LogP contribution in [0.3, 0.4) is 0 Å². The summed E-state index contributed by atoms with van der Waals surface area (Å²) < 4.78 is 5.08. The number of aliphatic hydroxyl groups excluding tert-OH is 1. The molecule has 1 amide bonds. The molecule has 0 aromatic carbocycles. The number of likely N-dealkylation sites (tertiary alicyclic amines) is 1. The first-order valence-corrected chi connectivity index (χ1v) is 6.13. The maximum absolute atomic E-state index is 11.9. The molecular formula is C13H18N2O3. The van der Waals surface area contributed by atoms with Gasteiger partial charge in [0.05, 0.1) is 19.4 Å². The summed E-state index contributed by atoms with van der Waals surface area (Å²) in [6.45, 7) is 1.13. The van der Waals surface area contributed by atoms with E-state index in [0.29, 0.717) is 38.1 Å². The highest BCUT2D eigenvalue weighted by atomic mass is 16.5. The fourth-order valence-electron chi connectivity index (χ4n) is 2.09. The van der Waals surface area contributed by atoms with Gasteiger partial charge in [-0.25, -0.2) is 0 Å². The van der Waals surface area contributed by atoms with Crippen molar-refractivity contribution in [3.05, 3.63) is 24.0 Å². The Morgan fingerprint density at radius 3 is 3.11 bits per heavy atom. The Kier molecular flexibility index (Phi) is 4.15. The Balaban J connectivity index is 1.85. The van der Waals surface area contributed by atoms with Crippen LogP contribution in [0.25, 0.3) is 0 Å². The minimum Gasteiger partial charge on any atom is -0.495 e. The maximum Gasteiger partial charge on any atom is 0.222 e. The van der Waals surface area contributed by atoms with Crippen LogP contribution in [-0.4, -0.2) is 47.2 Å². The van der Waals surface area contributed by atoms with Crippen molar-refractivity contribution in [3.8, 4) is 5.75 Å². The summed E-state index contributed by atoms with van der Waals surface area (Å²) in [6.07, 6.45) is 4.81. The lowest BCUT2D eigenvalue weighted by atomic mass is 10.1. The molecule has 1 aromatic rings. The van der Waals surface area contributed by atoms with Gasteiger partial charge in [0.25, 0.3) is 0 Å². The molecular weight excluding hydrogens is 232 g/mol. The van der Waals surface area contributed by atoms with Gasteiger partial charge in [0, 0.05) is 25.7 Å². The number of aryl methyl sites for hydroxylation is 1. The fourth-order valence-corrected chi connectivity index (χ4v) is 2.09. The molecule has 5 heteroatoms. The number of amides is 1. The fraction of sp³-hybridized carbons (Fsp3) is 0.538. The van der Waals surface area contributed by atoms with Crippen LogP contribution in [0.5, 0.6) is 5.75 Å². The molecule has 98 valence electrons. The van der Waals surface area contributed by atoms with Gasteiger partial charge in [0.1, 0.15) is 5.75 Å². The van der Waals surface area contributed by atoms with Gasteiger partial charge in [0.2, 0.25) is 5.91 Å². The highest BCUT2D eigenvalue weighted by Gasteiger charge is 2.23. The molecule has 1 saturated heterocycles. The molecule has 5 nitrogen and oxygen atoms in total. The van der Waals surface area contributed by atoms with Gasteiger partial charge in [-0.1, -0.05) is 0 Å². The van der Waals surface area contributed by atoms with Crippen molar-refractivity contribution in [2.75, 3.05) is 20.2 Å². The van der Waals surface area contributed by atoms with Crippen LogP contribution in [-0.2, 0) is 11.2 Å². The van der Waals surface area contributed by atoms with Gasteiger partial charge < -0.3 is 14.7 Å². The smallest absolute Gasteiger partial charge is 0.222 e. The van der Waals surface area contributed by atoms with Crippen LogP contribution in [0.2, 0.25) is 0 Å². The van der Waals surface area contributed by atoms with E-state index >= 15 is 0 Å². The second-order valence-electron chi connectivity index (χ2n) is 4.52. The van der Waals surface area contributed by atoms with Crippen molar-refractivity contribution in [1.82, 2.24) is 9.88 Å². The first kappa shape index (κ1) is 12.8. The van der Waals surface area contributed by atoms with Gasteiger partial charge >= 0.3 is 0 Å². The lowest BCUT2D eigenvalue weighted by molar-refractivity contribution is -0.130. The van der Waals surface area contributed by atoms with Gasteiger partial charge in [-0.2, -0.15) is 0 Å². The Morgan fingerprint density at radius 1 is 1.61 bits per heavy atom. The van der Waals surface area contributed by atoms with E-state index in [9.17, 15) is 9.90 Å². The Hall–Kier alpha value is -1.62. The minimum atomic E-state index is -0.354. The third-order valence-corrected chi connectivity index (χ3v) is 3.15. The number of hydrogen-bond acceptors (Lipinski definition) is 4. The number of carbonyl (C=O) groups is 1. The Labute approximate surface area is 106 Å². The van der Waals surface area contributed by atoms with Gasteiger partial charge in [-0.05, 0) is 24.5 Å². The third kappa shape index (κ3) is 3.20. The lowest BCUT2D eigenvalue weighted by Crippen LogP contribution is -2.29. The molecule has 1 atom stereocenters. The first-order chi connectivity index (χ1) is 8.69. The van der Waals surface area contributed by atoms with Crippen LogP contribution in [0.4, 0.5) is 0 Å². The average molecular weight is 250 g/mol. The van der Waals surface area contributed by atoms with E-state index in [1.807, 2.05) is 6.07 Å². The van der Waals surface area contributed by atoms with E-state index in [0.717, 1.165) is 5.56 Å². The van der Waals surface area contributed by atoms with Gasteiger partial charge in [-0.15, -0.1) is 0 Å². The van der Waals surface area contributed by atoms with E-state index in [4.69, 9.17) is 4.74 Å². The molecule has 2 rings (SSSR count). The van der Waals surface area contributed by atoms with Crippen LogP contribution >= 0.6 is 0 Å². The zero-order valence-electron chi connectivity index (χ0n) is 10.5. The second kappa shape index (κ2) is 5.82. The molecule has 0 spiro atoms. The second-order valence-corrected chi connectivity index (χ2v) is 4.52. The van der Waals surface area contributed by atoms with Crippen molar-refractivity contribution >= 4 is 5.91 Å². The van der Waals surface area contributed by atoms with Crippen LogP contribution < -0.4 is 4.74 Å². The summed E-state index contributed by atoms with van der Waals surface area (Å²) in [5.74, 6) is 0.797. The van der Waals surface area contributed by atoms with Crippen molar-refractivity contribution in [1.29, 1.82) is 0 Å². The SMILES string of the molecule is COc1cncc(CCC(=O)N2CC[C@@H](O)C2)c1. The number of pyridine rings is 1. The van der Waals surface area contributed by atoms with Crippen LogP contribution in [0.15, 0.2) is 18.5 Å². The monoisotopic (exact) mass is 250 g/mol. The van der Waals surface area contributed by atoms with E-state index in [1.165, 1.54) is 0 Å². The number of hydrogen-bond donors (Lipinski definition) is 1. The molecule has 2 heterocycles. The number of ether oxygens (including phenoxy) is 1. The van der Waals surface area contributed by atoms with Crippen molar-refractivity contribution in [3.63, 3.8) is 0 Å². The maximum atomic E-state index is 11.9. The number of aromatic nitrogens is 1. The van der Waals surface area contributed by atoms with Gasteiger partial charge in [-0.3, -0.25) is 9.78 Å². The molecule has 0 radical (unpaired) electrons. The number of rotatable bonds is 4. The number of methoxy groups -OCH3 is 1. The van der Waals surface area contributed by atoms with Crippen LogP contribution in [0.1, 0.15) is 18.4 Å². The number of β-amino-alcohol motifs (C(OH)–C–C–N with tert-alkyl or cyclic N) is 1. The summed E-state index contributed by atoms with van der Waals surface area (Å²) in [4.78, 5) is 17.7. The van der Waals surface area contributed by atoms with Gasteiger partial charge in [0.15, 0.2) is 0 Å². The Morgan fingerprint density at radius 2 is 2.44 bits per heavy atom. The predicted octanol–water partition coefficient (Wildman–Crippen LogP) is 0.616. The molecule has 1 N–H and O–H groups in total. The Bertz CT molecular complexity index is 422. The van der Waals surface area contributed by atoms with E-state index < -0.39 is 0 Å². The average Bonchev–Trinajstić information content (AvgIpc) is 2.83. The summed E-state index contributed by atoms with van der Waals surface area (Å²) in [7, 11) is 1.59. The molecule has 0 unspecified atom stereocenters. The normalized spacial score (nSPS) is 19.0. The first-order valence-electron chi connectivity index (χ1n) is 6.13. The van der Waals surface area contributed by atoms with Crippen LogP contribution in [0, 0.1) is 0 Å². The van der Waals surface area contributed by atoms with Crippen molar-refractivity contribution in [2.24, 2.45) is 0 Å². The molecule has 0 saturated carbocycles. The molecule has 1 aliphatic rings. The summed E-state index contributed by atoms with van der Waals surface area (Å²) >= 11 is 0. The standard InChI is InChI=1S/C13H18N2O3/c1-18-12-6-10(7-14-8-12)2-3-13(17)15-5-4-11(16)9-15/h6-8,11,16H,2-5,9H2,1H3/t11-/m1/s1. The largest absolute Gasteiger partial charge is 0.495 e. The lowest BCUT2D eigenvalue weighted by Gasteiger charge is -2.15. The summed E-state index contributed by atoms with van der Waals surface area (Å²) in [5.41, 5.74) is 0.988. The molecule has 0 bridgehead atoms. The van der Waals surface area contributed by atoms with Crippen molar-refractivity contribution < 1.29 is 14.6 Å². The zero-order valence-corrected chi connectivity index (χ0v) is 10.5. The molecule has 0 aliphatic carbocycles. The molecule has 1 aromatic heterocycles. The number of nitrogens with zero attached hydrogens (tertiary/aromatic N) is 2. The minimum absolute atomic E-state index is 0.0920. The highest BCUT2D eigenvalue weighted by Crippen LogP contribution is 2.14. The summed E-state index contributed by atoms with van der Waals surface area (Å²) in [6, 6.07) is 1.89. The summed E-state index contributed by atoms with van der Waals surface area (Å²) in [5, 5.41) is 9.38. The third-order valence-electron chi connectivity index (χ3n) is 3.15. The molecule has 18 heavy (non-hydrogen) atoms. The van der Waals surface area contributed by atoms with E-state index in [-0.39, 0.29) is 12.0 Å². The quantitative estimate of drug-likeness (QED) is 0.850. The molecule has 1 fully saturated rings. The zero-order chi connectivity index (χ0) is 13.0.